The molecule has 0 saturated carbocycles. The summed E-state index contributed by atoms with van der Waals surface area (Å²) in [4.78, 5) is 14.4. The van der Waals surface area contributed by atoms with Crippen molar-refractivity contribution in [2.24, 2.45) is 5.92 Å². The van der Waals surface area contributed by atoms with E-state index in [1.807, 2.05) is 0 Å². The first kappa shape index (κ1) is 26.4. The number of halogens is 5. The van der Waals surface area contributed by atoms with E-state index in [0.717, 1.165) is 31.4 Å². The lowest BCUT2D eigenvalue weighted by Gasteiger charge is -2.22. The third kappa shape index (κ3) is 6.49. The zero-order valence-electron chi connectivity index (χ0n) is 18.2. The van der Waals surface area contributed by atoms with Crippen LogP contribution in [0.25, 0.3) is 0 Å². The normalized spacial score (nSPS) is 17.5. The van der Waals surface area contributed by atoms with Crippen molar-refractivity contribution in [2.45, 2.75) is 30.5 Å². The number of carbonyl (C=O) groups excluding carboxylic acids is 1. The Morgan fingerprint density at radius 1 is 1.18 bits per heavy atom. The van der Waals surface area contributed by atoms with Crippen LogP contribution < -0.4 is 9.47 Å². The molecular formula is C22H22Cl2F3NO5S. The molecule has 186 valence electrons. The monoisotopic (exact) mass is 539 g/mol. The van der Waals surface area contributed by atoms with Crippen LogP contribution in [0.15, 0.2) is 41.3 Å². The highest BCUT2D eigenvalue weighted by molar-refractivity contribution is 7.90. The lowest BCUT2D eigenvalue weighted by atomic mass is 10.1. The molecule has 1 aliphatic rings. The Balaban J connectivity index is 1.76. The fourth-order valence-electron chi connectivity index (χ4n) is 3.37. The van der Waals surface area contributed by atoms with Crippen LogP contribution in [0.3, 0.4) is 0 Å². The van der Waals surface area contributed by atoms with E-state index in [4.69, 9.17) is 32.7 Å². The van der Waals surface area contributed by atoms with Crippen LogP contribution >= 0.6 is 23.2 Å². The van der Waals surface area contributed by atoms with Crippen molar-refractivity contribution in [3.05, 3.63) is 52.0 Å². The van der Waals surface area contributed by atoms with Gasteiger partial charge in [0, 0.05) is 31.3 Å². The average molecular weight is 540 g/mol. The molecule has 1 aliphatic heterocycles. The molecule has 1 fully saturated rings. The van der Waals surface area contributed by atoms with E-state index in [-0.39, 0.29) is 35.3 Å². The van der Waals surface area contributed by atoms with Crippen LogP contribution in [0.5, 0.6) is 11.5 Å². The molecule has 0 radical (unpaired) electrons. The van der Waals surface area contributed by atoms with Gasteiger partial charge in [-0.2, -0.15) is 13.2 Å². The molecule has 12 heteroatoms. The van der Waals surface area contributed by atoms with Crippen LogP contribution in [0.1, 0.15) is 23.7 Å². The minimum atomic E-state index is -4.66. The number of hydrogen-bond acceptors (Lipinski definition) is 5. The van der Waals surface area contributed by atoms with Gasteiger partial charge in [0.25, 0.3) is 5.91 Å². The first-order chi connectivity index (χ1) is 15.8. The summed E-state index contributed by atoms with van der Waals surface area (Å²) in [6, 6.07) is 8.07. The van der Waals surface area contributed by atoms with Crippen molar-refractivity contribution >= 4 is 38.9 Å². The summed E-state index contributed by atoms with van der Waals surface area (Å²) in [6.07, 6.45) is -5.30. The van der Waals surface area contributed by atoms with Crippen molar-refractivity contribution in [3.63, 3.8) is 0 Å². The summed E-state index contributed by atoms with van der Waals surface area (Å²) in [5.41, 5.74) is -0.245. The fraction of sp³-hybridized carbons (Fsp3) is 0.409. The largest absolute Gasteiger partial charge is 0.493 e. The Morgan fingerprint density at radius 3 is 2.50 bits per heavy atom. The summed E-state index contributed by atoms with van der Waals surface area (Å²) in [6.45, 7) is 1.69. The van der Waals surface area contributed by atoms with Gasteiger partial charge in [0.2, 0.25) is 0 Å². The lowest BCUT2D eigenvalue weighted by molar-refractivity contribution is -0.189. The molecule has 34 heavy (non-hydrogen) atoms. The molecule has 2 aromatic carbocycles. The maximum absolute atomic E-state index is 13.2. The molecule has 0 bridgehead atoms. The van der Waals surface area contributed by atoms with Gasteiger partial charge in [-0.3, -0.25) is 4.79 Å². The Bertz CT molecular complexity index is 1170. The Morgan fingerprint density at radius 2 is 1.88 bits per heavy atom. The molecule has 1 amide bonds. The molecule has 1 heterocycles. The van der Waals surface area contributed by atoms with Gasteiger partial charge in [-0.05, 0) is 43.7 Å². The Kier molecular flexibility index (Phi) is 7.94. The third-order valence-electron chi connectivity index (χ3n) is 5.32. The number of rotatable bonds is 7. The fourth-order valence-corrected chi connectivity index (χ4v) is 4.31. The molecule has 6 nitrogen and oxygen atoms in total. The number of alkyl halides is 3. The van der Waals surface area contributed by atoms with Crippen LogP contribution in [0.4, 0.5) is 13.2 Å². The number of likely N-dealkylation sites (tertiary alicyclic amines) is 1. The summed E-state index contributed by atoms with van der Waals surface area (Å²) in [5.74, 6) is -0.489. The van der Waals surface area contributed by atoms with Crippen LogP contribution in [0.2, 0.25) is 10.0 Å². The number of amides is 1. The van der Waals surface area contributed by atoms with Crippen molar-refractivity contribution in [1.29, 1.82) is 0 Å². The third-order valence-corrected chi connectivity index (χ3v) is 7.17. The van der Waals surface area contributed by atoms with E-state index >= 15 is 0 Å². The number of nitrogens with zero attached hydrogens (tertiary/aromatic N) is 1. The highest BCUT2D eigenvalue weighted by atomic mass is 35.5. The van der Waals surface area contributed by atoms with E-state index in [0.29, 0.717) is 28.8 Å². The number of hydrogen-bond donors (Lipinski definition) is 0. The predicted molar refractivity (Wildman–Crippen MR) is 122 cm³/mol. The molecular weight excluding hydrogens is 518 g/mol. The molecule has 2 aromatic rings. The zero-order chi connectivity index (χ0) is 25.3. The highest BCUT2D eigenvalue weighted by Crippen LogP contribution is 2.31. The average Bonchev–Trinajstić information content (AvgIpc) is 3.22. The Labute approximate surface area is 205 Å². The number of benzene rings is 2. The van der Waals surface area contributed by atoms with Gasteiger partial charge in [-0.25, -0.2) is 8.42 Å². The Hall–Kier alpha value is -2.17. The van der Waals surface area contributed by atoms with Crippen molar-refractivity contribution in [1.82, 2.24) is 4.90 Å². The van der Waals surface area contributed by atoms with Gasteiger partial charge in [-0.1, -0.05) is 23.2 Å². The van der Waals surface area contributed by atoms with Crippen LogP contribution in [-0.4, -0.2) is 57.5 Å². The van der Waals surface area contributed by atoms with Crippen LogP contribution in [0, 0.1) is 5.92 Å². The van der Waals surface area contributed by atoms with Gasteiger partial charge < -0.3 is 14.4 Å². The van der Waals surface area contributed by atoms with Crippen molar-refractivity contribution in [2.75, 3.05) is 26.0 Å². The van der Waals surface area contributed by atoms with Crippen molar-refractivity contribution < 1.29 is 35.9 Å². The molecule has 1 unspecified atom stereocenters. The van der Waals surface area contributed by atoms with Crippen LogP contribution in [-0.2, 0) is 9.84 Å². The second-order valence-electron chi connectivity index (χ2n) is 8.02. The molecule has 1 saturated heterocycles. The molecule has 0 N–H and O–H groups in total. The maximum atomic E-state index is 13.2. The van der Waals surface area contributed by atoms with Gasteiger partial charge >= 0.3 is 6.18 Å². The highest BCUT2D eigenvalue weighted by Gasteiger charge is 2.39. The SMILES string of the molecule is C[C@H](Oc1ccc(S(C)(=O)=O)cc1C(=O)N1CCC(COc2ccc(Cl)c(Cl)c2)C1)C(F)(F)F. The molecule has 0 aromatic heterocycles. The number of sulfone groups is 1. The van der Waals surface area contributed by atoms with Gasteiger partial charge in [0.15, 0.2) is 15.9 Å². The molecule has 0 spiro atoms. The molecule has 0 aliphatic carbocycles. The standard InChI is InChI=1S/C22H22Cl2F3NO5S/c1-13(22(25,26)27)33-20-6-4-16(34(2,30)31)10-17(20)21(29)28-8-7-14(11-28)12-32-15-3-5-18(23)19(24)9-15/h3-6,9-10,13-14H,7-8,11-12H2,1-2H3/t13-,14?/m0/s1. The minimum absolute atomic E-state index is 0.0463. The van der Waals surface area contributed by atoms with Gasteiger partial charge in [0.1, 0.15) is 11.5 Å². The lowest BCUT2D eigenvalue weighted by Crippen LogP contribution is -2.33. The molecule has 2 atom stereocenters. The maximum Gasteiger partial charge on any atom is 0.425 e. The predicted octanol–water partition coefficient (Wildman–Crippen LogP) is 5.27. The van der Waals surface area contributed by atoms with E-state index in [9.17, 15) is 26.4 Å². The first-order valence-electron chi connectivity index (χ1n) is 10.2. The second kappa shape index (κ2) is 10.2. The van der Waals surface area contributed by atoms with Gasteiger partial charge in [0.05, 0.1) is 27.1 Å². The first-order valence-corrected chi connectivity index (χ1v) is 12.8. The number of carbonyl (C=O) groups is 1. The number of ether oxygens (including phenoxy) is 2. The second-order valence-corrected chi connectivity index (χ2v) is 10.9. The summed E-state index contributed by atoms with van der Waals surface area (Å²) < 4.78 is 73.7. The minimum Gasteiger partial charge on any atom is -0.493 e. The van der Waals surface area contributed by atoms with E-state index in [1.54, 1.807) is 18.2 Å². The smallest absolute Gasteiger partial charge is 0.425 e. The summed E-state index contributed by atoms with van der Waals surface area (Å²) >= 11 is 11.9. The van der Waals surface area contributed by atoms with Crippen molar-refractivity contribution in [3.8, 4) is 11.5 Å². The quantitative estimate of drug-likeness (QED) is 0.479. The molecule has 3 rings (SSSR count). The topological polar surface area (TPSA) is 72.9 Å². The summed E-state index contributed by atoms with van der Waals surface area (Å²) in [7, 11) is -3.70. The van der Waals surface area contributed by atoms with E-state index in [2.05, 4.69) is 0 Å². The van der Waals surface area contributed by atoms with Gasteiger partial charge in [-0.15, -0.1) is 0 Å². The zero-order valence-corrected chi connectivity index (χ0v) is 20.6. The van der Waals surface area contributed by atoms with E-state index in [1.165, 1.54) is 4.90 Å². The summed E-state index contributed by atoms with van der Waals surface area (Å²) in [5, 5.41) is 0.731. The van der Waals surface area contributed by atoms with E-state index < -0.39 is 28.0 Å².